The van der Waals surface area contributed by atoms with Gasteiger partial charge in [-0.3, -0.25) is 0 Å². The number of hydroxylamine groups is 3. The first-order chi connectivity index (χ1) is 11.0. The maximum atomic E-state index is 12.8. The number of likely N-dealkylation sites (tertiary alicyclic amines) is 1. The summed E-state index contributed by atoms with van der Waals surface area (Å²) in [7, 11) is 0. The zero-order chi connectivity index (χ0) is 16.3. The highest BCUT2D eigenvalue weighted by Crippen LogP contribution is 2.38. The van der Waals surface area contributed by atoms with Crippen LogP contribution in [-0.2, 0) is 5.60 Å². The van der Waals surface area contributed by atoms with Crippen molar-refractivity contribution in [3.8, 4) is 0 Å². The second kappa shape index (κ2) is 6.44. The van der Waals surface area contributed by atoms with Gasteiger partial charge >= 0.3 is 0 Å². The van der Waals surface area contributed by atoms with Crippen molar-refractivity contribution in [2.24, 2.45) is 5.92 Å². The molecule has 1 atom stereocenters. The normalized spacial score (nSPS) is 18.7. The summed E-state index contributed by atoms with van der Waals surface area (Å²) in [5.74, 6) is -0.164. The topological polar surface area (TPSA) is 43.3 Å². The van der Waals surface area contributed by atoms with Crippen LogP contribution >= 0.6 is 0 Å². The Morgan fingerprint density at radius 2 is 1.39 bits per heavy atom. The Balaban J connectivity index is 1.98. The standard InChI is InChI=1S/C20H25NO2/c1-17(16-21(23)14-8-9-15-21)20(22,18-10-4-2-5-11-18)19-12-6-3-7-13-19/h2-7,10-13,17,22H,8-9,14-16H2,1H3/t17-/m1/s1. The van der Waals surface area contributed by atoms with Gasteiger partial charge in [0.05, 0.1) is 19.6 Å². The van der Waals surface area contributed by atoms with Gasteiger partial charge in [-0.05, 0) is 11.1 Å². The van der Waals surface area contributed by atoms with E-state index in [0.717, 1.165) is 24.0 Å². The van der Waals surface area contributed by atoms with Gasteiger partial charge in [0.15, 0.2) is 0 Å². The number of hydrogen-bond acceptors (Lipinski definition) is 2. The third kappa shape index (κ3) is 3.18. The summed E-state index contributed by atoms with van der Waals surface area (Å²) in [6, 6.07) is 19.4. The van der Waals surface area contributed by atoms with Crippen LogP contribution in [0.4, 0.5) is 0 Å². The average Bonchev–Trinajstić information content (AvgIpc) is 3.01. The molecule has 0 aromatic heterocycles. The predicted molar refractivity (Wildman–Crippen MR) is 92.5 cm³/mol. The van der Waals surface area contributed by atoms with Crippen molar-refractivity contribution in [1.29, 1.82) is 0 Å². The van der Waals surface area contributed by atoms with Crippen molar-refractivity contribution in [2.45, 2.75) is 25.4 Å². The molecule has 1 heterocycles. The Morgan fingerprint density at radius 3 is 1.83 bits per heavy atom. The van der Waals surface area contributed by atoms with Crippen LogP contribution < -0.4 is 0 Å². The number of benzene rings is 2. The molecule has 3 heteroatoms. The van der Waals surface area contributed by atoms with E-state index in [2.05, 4.69) is 0 Å². The van der Waals surface area contributed by atoms with Gasteiger partial charge in [-0.2, -0.15) is 0 Å². The number of quaternary nitrogens is 1. The second-order valence-electron chi connectivity index (χ2n) is 6.79. The van der Waals surface area contributed by atoms with Crippen molar-refractivity contribution < 1.29 is 9.75 Å². The van der Waals surface area contributed by atoms with Gasteiger partial charge in [-0.25, -0.2) is 0 Å². The zero-order valence-electron chi connectivity index (χ0n) is 13.7. The highest BCUT2D eigenvalue weighted by Gasteiger charge is 2.41. The molecule has 1 aliphatic heterocycles. The lowest BCUT2D eigenvalue weighted by Crippen LogP contribution is -2.48. The lowest BCUT2D eigenvalue weighted by molar-refractivity contribution is -0.872. The Morgan fingerprint density at radius 1 is 0.957 bits per heavy atom. The molecule has 23 heavy (non-hydrogen) atoms. The quantitative estimate of drug-likeness (QED) is 0.676. The summed E-state index contributed by atoms with van der Waals surface area (Å²) < 4.78 is -0.177. The van der Waals surface area contributed by atoms with E-state index in [9.17, 15) is 10.3 Å². The Labute approximate surface area is 138 Å². The van der Waals surface area contributed by atoms with Crippen LogP contribution in [0.15, 0.2) is 60.7 Å². The lowest BCUT2D eigenvalue weighted by Gasteiger charge is -2.45. The Kier molecular flexibility index (Phi) is 4.53. The van der Waals surface area contributed by atoms with Gasteiger partial charge in [0.2, 0.25) is 0 Å². The van der Waals surface area contributed by atoms with Crippen molar-refractivity contribution >= 4 is 0 Å². The molecule has 0 radical (unpaired) electrons. The monoisotopic (exact) mass is 311 g/mol. The van der Waals surface area contributed by atoms with Crippen molar-refractivity contribution in [1.82, 2.24) is 0 Å². The van der Waals surface area contributed by atoms with E-state index in [-0.39, 0.29) is 10.6 Å². The number of aliphatic hydroxyl groups is 1. The molecular formula is C20H25NO2. The molecule has 2 aromatic rings. The molecule has 2 aromatic carbocycles. The van der Waals surface area contributed by atoms with Crippen LogP contribution in [0, 0.1) is 11.1 Å². The van der Waals surface area contributed by atoms with E-state index in [4.69, 9.17) is 0 Å². The molecule has 122 valence electrons. The minimum Gasteiger partial charge on any atom is -0.633 e. The summed E-state index contributed by atoms with van der Waals surface area (Å²) in [5.41, 5.74) is 0.565. The summed E-state index contributed by atoms with van der Waals surface area (Å²) in [4.78, 5) is 0. The van der Waals surface area contributed by atoms with Crippen LogP contribution in [0.2, 0.25) is 0 Å². The van der Waals surface area contributed by atoms with Gasteiger partial charge in [-0.1, -0.05) is 67.6 Å². The van der Waals surface area contributed by atoms with E-state index < -0.39 is 5.60 Å². The van der Waals surface area contributed by atoms with E-state index in [1.165, 1.54) is 0 Å². The van der Waals surface area contributed by atoms with Crippen molar-refractivity contribution in [3.05, 3.63) is 77.0 Å². The summed E-state index contributed by atoms with van der Waals surface area (Å²) >= 11 is 0. The molecule has 0 spiro atoms. The van der Waals surface area contributed by atoms with Crippen LogP contribution in [0.25, 0.3) is 0 Å². The van der Waals surface area contributed by atoms with E-state index >= 15 is 0 Å². The molecule has 0 amide bonds. The maximum absolute atomic E-state index is 12.8. The number of nitrogens with zero attached hydrogens (tertiary/aromatic N) is 1. The van der Waals surface area contributed by atoms with Gasteiger partial charge < -0.3 is 15.0 Å². The molecule has 1 saturated heterocycles. The van der Waals surface area contributed by atoms with Crippen LogP contribution in [0.5, 0.6) is 0 Å². The SMILES string of the molecule is C[C@H](C[N+]1([O-])CCCC1)C(O)(c1ccccc1)c1ccccc1. The van der Waals surface area contributed by atoms with Crippen molar-refractivity contribution in [2.75, 3.05) is 19.6 Å². The van der Waals surface area contributed by atoms with Gasteiger partial charge in [0, 0.05) is 18.8 Å². The second-order valence-corrected chi connectivity index (χ2v) is 6.79. The lowest BCUT2D eigenvalue weighted by atomic mass is 9.76. The molecule has 0 unspecified atom stereocenters. The fraction of sp³-hybridized carbons (Fsp3) is 0.400. The maximum Gasteiger partial charge on any atom is 0.122 e. The Bertz CT molecular complexity index is 581. The van der Waals surface area contributed by atoms with Crippen LogP contribution in [0.1, 0.15) is 30.9 Å². The molecule has 0 saturated carbocycles. The molecule has 3 rings (SSSR count). The first-order valence-corrected chi connectivity index (χ1v) is 8.45. The largest absolute Gasteiger partial charge is 0.633 e. The van der Waals surface area contributed by atoms with E-state index in [0.29, 0.717) is 19.6 Å². The highest BCUT2D eigenvalue weighted by atomic mass is 16.5. The summed E-state index contributed by atoms with van der Waals surface area (Å²) in [6.45, 7) is 3.78. The minimum absolute atomic E-state index is 0.164. The first-order valence-electron chi connectivity index (χ1n) is 8.45. The third-order valence-corrected chi connectivity index (χ3v) is 5.13. The van der Waals surface area contributed by atoms with Gasteiger partial charge in [-0.15, -0.1) is 0 Å². The fourth-order valence-corrected chi connectivity index (χ4v) is 3.85. The minimum atomic E-state index is -1.14. The van der Waals surface area contributed by atoms with Crippen LogP contribution in [-0.4, -0.2) is 29.4 Å². The molecular weight excluding hydrogens is 286 g/mol. The first kappa shape index (κ1) is 16.2. The predicted octanol–water partition coefficient (Wildman–Crippen LogP) is 3.67. The summed E-state index contributed by atoms with van der Waals surface area (Å²) in [5, 5.41) is 24.5. The van der Waals surface area contributed by atoms with Crippen molar-refractivity contribution in [3.63, 3.8) is 0 Å². The smallest absolute Gasteiger partial charge is 0.122 e. The van der Waals surface area contributed by atoms with Crippen LogP contribution in [0.3, 0.4) is 0 Å². The molecule has 1 N–H and O–H groups in total. The van der Waals surface area contributed by atoms with E-state index in [1.807, 2.05) is 67.6 Å². The zero-order valence-corrected chi connectivity index (χ0v) is 13.7. The molecule has 0 bridgehead atoms. The molecule has 1 fully saturated rings. The molecule has 0 aliphatic carbocycles. The number of rotatable bonds is 5. The van der Waals surface area contributed by atoms with Gasteiger partial charge in [0.25, 0.3) is 0 Å². The highest BCUT2D eigenvalue weighted by molar-refractivity contribution is 5.36. The summed E-state index contributed by atoms with van der Waals surface area (Å²) in [6.07, 6.45) is 1.98. The Hall–Kier alpha value is -1.68. The van der Waals surface area contributed by atoms with Gasteiger partial charge in [0.1, 0.15) is 5.60 Å². The van der Waals surface area contributed by atoms with E-state index in [1.54, 1.807) is 0 Å². The third-order valence-electron chi connectivity index (χ3n) is 5.13. The molecule has 3 nitrogen and oxygen atoms in total. The number of hydrogen-bond donors (Lipinski definition) is 1. The average molecular weight is 311 g/mol. The fourth-order valence-electron chi connectivity index (χ4n) is 3.85. The molecule has 1 aliphatic rings.